The van der Waals surface area contributed by atoms with Gasteiger partial charge in [-0.25, -0.2) is 0 Å². The largest absolute Gasteiger partial charge is 0.330 e. The minimum Gasteiger partial charge on any atom is -0.330 e. The minimum atomic E-state index is 0.957. The smallest absolute Gasteiger partial charge is 0.149 e. The molecule has 3 heteroatoms. The molecule has 0 aliphatic carbocycles. The molecule has 0 unspecified atom stereocenters. The average molecular weight is 163 g/mol. The fraction of sp³-hybridized carbons (Fsp3) is 0.556. The lowest BCUT2D eigenvalue weighted by atomic mass is 10.2. The Balaban J connectivity index is 2.30. The topological polar surface area (TPSA) is 28.0 Å². The first-order chi connectivity index (χ1) is 5.92. The van der Waals surface area contributed by atoms with Crippen molar-refractivity contribution in [2.45, 2.75) is 19.8 Å². The van der Waals surface area contributed by atoms with Crippen LogP contribution in [0.25, 0.3) is 0 Å². The molecule has 0 saturated carbocycles. The summed E-state index contributed by atoms with van der Waals surface area (Å²) >= 11 is 0. The van der Waals surface area contributed by atoms with E-state index in [1.54, 1.807) is 0 Å². The fourth-order valence-corrected chi connectivity index (χ4v) is 1.54. The highest BCUT2D eigenvalue weighted by molar-refractivity contribution is 6.42. The van der Waals surface area contributed by atoms with Crippen LogP contribution in [0.5, 0.6) is 0 Å². The molecule has 3 nitrogen and oxygen atoms in total. The van der Waals surface area contributed by atoms with Gasteiger partial charge in [0.1, 0.15) is 5.84 Å². The van der Waals surface area contributed by atoms with Gasteiger partial charge in [0.15, 0.2) is 0 Å². The van der Waals surface area contributed by atoms with E-state index in [0.29, 0.717) is 0 Å². The van der Waals surface area contributed by atoms with Crippen molar-refractivity contribution >= 4 is 11.5 Å². The van der Waals surface area contributed by atoms with Crippen molar-refractivity contribution in [2.75, 3.05) is 13.1 Å². The molecule has 0 bridgehead atoms. The molecular weight excluding hydrogens is 150 g/mol. The van der Waals surface area contributed by atoms with Gasteiger partial charge in [0.25, 0.3) is 0 Å². The van der Waals surface area contributed by atoms with E-state index < -0.39 is 0 Å². The van der Waals surface area contributed by atoms with E-state index in [-0.39, 0.29) is 0 Å². The van der Waals surface area contributed by atoms with Crippen molar-refractivity contribution in [3.05, 3.63) is 12.4 Å². The zero-order valence-electron chi connectivity index (χ0n) is 7.32. The molecular formula is C9H13N3. The Hall–Kier alpha value is -1.12. The van der Waals surface area contributed by atoms with E-state index in [1.807, 2.05) is 12.4 Å². The highest BCUT2D eigenvalue weighted by atomic mass is 15.2. The van der Waals surface area contributed by atoms with Crippen LogP contribution in [0.4, 0.5) is 0 Å². The summed E-state index contributed by atoms with van der Waals surface area (Å²) in [6, 6.07) is 0. The highest BCUT2D eigenvalue weighted by Crippen LogP contribution is 2.10. The maximum absolute atomic E-state index is 4.46. The Kier molecular flexibility index (Phi) is 1.94. The van der Waals surface area contributed by atoms with E-state index in [0.717, 1.165) is 37.5 Å². The van der Waals surface area contributed by atoms with Gasteiger partial charge in [0.05, 0.1) is 5.71 Å². The monoisotopic (exact) mass is 163 g/mol. The summed E-state index contributed by atoms with van der Waals surface area (Å²) in [6.07, 6.45) is 6.00. The third-order valence-electron chi connectivity index (χ3n) is 2.16. The first-order valence-corrected chi connectivity index (χ1v) is 4.46. The second-order valence-electron chi connectivity index (χ2n) is 2.98. The summed E-state index contributed by atoms with van der Waals surface area (Å²) in [5.74, 6) is 1.09. The fourth-order valence-electron chi connectivity index (χ4n) is 1.54. The lowest BCUT2D eigenvalue weighted by molar-refractivity contribution is 0.510. The standard InChI is InChI=1S/C9H13N3/c1-2-8-9-11-4-3-6-12(9)7-5-10-8/h5,7H,2-4,6H2,1H3. The van der Waals surface area contributed by atoms with Gasteiger partial charge in [-0.15, -0.1) is 0 Å². The molecule has 2 aliphatic rings. The second-order valence-corrected chi connectivity index (χ2v) is 2.98. The van der Waals surface area contributed by atoms with Crippen LogP contribution in [0.2, 0.25) is 0 Å². The van der Waals surface area contributed by atoms with Gasteiger partial charge in [0.2, 0.25) is 0 Å². The molecule has 0 N–H and O–H groups in total. The van der Waals surface area contributed by atoms with Gasteiger partial charge >= 0.3 is 0 Å². The summed E-state index contributed by atoms with van der Waals surface area (Å²) in [6.45, 7) is 4.17. The zero-order chi connectivity index (χ0) is 8.39. The van der Waals surface area contributed by atoms with Crippen molar-refractivity contribution in [1.82, 2.24) is 4.90 Å². The quantitative estimate of drug-likeness (QED) is 0.574. The molecule has 0 amide bonds. The van der Waals surface area contributed by atoms with E-state index in [2.05, 4.69) is 21.8 Å². The molecule has 2 aliphatic heterocycles. The van der Waals surface area contributed by atoms with Crippen LogP contribution >= 0.6 is 0 Å². The zero-order valence-corrected chi connectivity index (χ0v) is 7.32. The first-order valence-electron chi connectivity index (χ1n) is 4.46. The van der Waals surface area contributed by atoms with E-state index in [1.165, 1.54) is 0 Å². The first kappa shape index (κ1) is 7.53. The lowest BCUT2D eigenvalue weighted by Gasteiger charge is -2.28. The molecule has 0 radical (unpaired) electrons. The molecule has 2 heterocycles. The van der Waals surface area contributed by atoms with Gasteiger partial charge in [-0.2, -0.15) is 0 Å². The van der Waals surface area contributed by atoms with Crippen LogP contribution in [0.15, 0.2) is 22.4 Å². The van der Waals surface area contributed by atoms with Gasteiger partial charge in [-0.05, 0) is 12.8 Å². The number of rotatable bonds is 1. The van der Waals surface area contributed by atoms with Gasteiger partial charge in [-0.1, -0.05) is 6.92 Å². The van der Waals surface area contributed by atoms with Crippen LogP contribution in [-0.4, -0.2) is 29.5 Å². The van der Waals surface area contributed by atoms with E-state index in [9.17, 15) is 0 Å². The van der Waals surface area contributed by atoms with Crippen molar-refractivity contribution in [3.63, 3.8) is 0 Å². The summed E-state index contributed by atoms with van der Waals surface area (Å²) < 4.78 is 0. The summed E-state index contributed by atoms with van der Waals surface area (Å²) in [4.78, 5) is 11.0. The SMILES string of the molecule is CCC1=NC=CN2CCCN=C12. The van der Waals surface area contributed by atoms with E-state index >= 15 is 0 Å². The molecule has 0 atom stereocenters. The maximum Gasteiger partial charge on any atom is 0.149 e. The predicted molar refractivity (Wildman–Crippen MR) is 50.5 cm³/mol. The Labute approximate surface area is 72.5 Å². The van der Waals surface area contributed by atoms with Crippen LogP contribution < -0.4 is 0 Å². The van der Waals surface area contributed by atoms with Crippen molar-refractivity contribution in [3.8, 4) is 0 Å². The highest BCUT2D eigenvalue weighted by Gasteiger charge is 2.18. The molecule has 0 spiro atoms. The average Bonchev–Trinajstić information content (AvgIpc) is 2.17. The minimum absolute atomic E-state index is 0.957. The summed E-state index contributed by atoms with van der Waals surface area (Å²) in [5, 5.41) is 0. The third-order valence-corrected chi connectivity index (χ3v) is 2.16. The number of aliphatic imine (C=N–C) groups is 2. The Morgan fingerprint density at radius 3 is 3.33 bits per heavy atom. The Bertz CT molecular complexity index is 263. The Morgan fingerprint density at radius 1 is 1.58 bits per heavy atom. The van der Waals surface area contributed by atoms with Crippen LogP contribution in [-0.2, 0) is 0 Å². The third kappa shape index (κ3) is 1.15. The van der Waals surface area contributed by atoms with Crippen LogP contribution in [0, 0.1) is 0 Å². The maximum atomic E-state index is 4.46. The lowest BCUT2D eigenvalue weighted by Crippen LogP contribution is -2.38. The number of hydrogen-bond acceptors (Lipinski definition) is 3. The molecule has 12 heavy (non-hydrogen) atoms. The molecule has 0 saturated heterocycles. The van der Waals surface area contributed by atoms with Crippen molar-refractivity contribution in [1.29, 1.82) is 0 Å². The molecule has 64 valence electrons. The second kappa shape index (κ2) is 3.09. The summed E-state index contributed by atoms with van der Waals surface area (Å²) in [5.41, 5.74) is 1.12. The van der Waals surface area contributed by atoms with Gasteiger partial charge in [-0.3, -0.25) is 9.98 Å². The molecule has 0 fully saturated rings. The molecule has 0 aromatic rings. The number of amidine groups is 1. The van der Waals surface area contributed by atoms with Gasteiger partial charge < -0.3 is 4.90 Å². The number of nitrogens with zero attached hydrogens (tertiary/aromatic N) is 3. The van der Waals surface area contributed by atoms with E-state index in [4.69, 9.17) is 0 Å². The molecule has 2 rings (SSSR count). The Morgan fingerprint density at radius 2 is 2.50 bits per heavy atom. The van der Waals surface area contributed by atoms with Crippen LogP contribution in [0.3, 0.4) is 0 Å². The van der Waals surface area contributed by atoms with Crippen LogP contribution in [0.1, 0.15) is 19.8 Å². The predicted octanol–water partition coefficient (Wildman–Crippen LogP) is 1.43. The van der Waals surface area contributed by atoms with Crippen molar-refractivity contribution < 1.29 is 0 Å². The van der Waals surface area contributed by atoms with Gasteiger partial charge in [0, 0.05) is 25.5 Å². The molecule has 0 aromatic heterocycles. The number of hydrogen-bond donors (Lipinski definition) is 0. The summed E-state index contributed by atoms with van der Waals surface area (Å²) in [7, 11) is 0. The number of fused-ring (bicyclic) bond motifs is 1. The molecule has 0 aromatic carbocycles. The normalized spacial score (nSPS) is 21.6. The van der Waals surface area contributed by atoms with Crippen molar-refractivity contribution in [2.24, 2.45) is 9.98 Å².